The summed E-state index contributed by atoms with van der Waals surface area (Å²) in [4.78, 5) is 22.6. The SMILES string of the molecule is C=CCNc1ncnc2sc(C(=O)NCCc3cccc(Cl)c3)c(C)c12. The lowest BCUT2D eigenvalue weighted by molar-refractivity contribution is 0.0957. The second-order valence-corrected chi connectivity index (χ2v) is 7.20. The molecule has 0 aliphatic rings. The van der Waals surface area contributed by atoms with Crippen LogP contribution in [0.4, 0.5) is 5.82 Å². The van der Waals surface area contributed by atoms with Gasteiger partial charge < -0.3 is 10.6 Å². The third-order valence-corrected chi connectivity index (χ3v) is 5.37. The van der Waals surface area contributed by atoms with Crippen LogP contribution in [-0.2, 0) is 6.42 Å². The highest BCUT2D eigenvalue weighted by molar-refractivity contribution is 7.20. The molecular weight excluding hydrogens is 368 g/mol. The molecule has 0 spiro atoms. The molecule has 3 rings (SSSR count). The number of thiophene rings is 1. The number of aryl methyl sites for hydroxylation is 1. The van der Waals surface area contributed by atoms with Gasteiger partial charge in [0.15, 0.2) is 0 Å². The van der Waals surface area contributed by atoms with Crippen molar-refractivity contribution in [1.29, 1.82) is 0 Å². The minimum absolute atomic E-state index is 0.0952. The fraction of sp³-hybridized carbons (Fsp3) is 0.211. The van der Waals surface area contributed by atoms with Gasteiger partial charge in [-0.1, -0.05) is 29.8 Å². The van der Waals surface area contributed by atoms with Gasteiger partial charge in [-0.25, -0.2) is 9.97 Å². The third kappa shape index (κ3) is 4.03. The molecule has 0 unspecified atom stereocenters. The fourth-order valence-electron chi connectivity index (χ4n) is 2.68. The van der Waals surface area contributed by atoms with Crippen molar-refractivity contribution in [2.45, 2.75) is 13.3 Å². The quantitative estimate of drug-likeness (QED) is 0.596. The largest absolute Gasteiger partial charge is 0.366 e. The standard InChI is InChI=1S/C19H19ClN4OS/c1-3-8-21-17-15-12(2)16(26-19(15)24-11-23-17)18(25)22-9-7-13-5-4-6-14(20)10-13/h3-6,10-11H,1,7-9H2,2H3,(H,22,25)(H,21,23,24). The Morgan fingerprint density at radius 3 is 3.00 bits per heavy atom. The lowest BCUT2D eigenvalue weighted by Gasteiger charge is -2.06. The second-order valence-electron chi connectivity index (χ2n) is 5.76. The summed E-state index contributed by atoms with van der Waals surface area (Å²) in [7, 11) is 0. The van der Waals surface area contributed by atoms with Crippen LogP contribution in [0.3, 0.4) is 0 Å². The number of carbonyl (C=O) groups excluding carboxylic acids is 1. The maximum absolute atomic E-state index is 12.6. The Labute approximate surface area is 161 Å². The molecule has 0 atom stereocenters. The third-order valence-electron chi connectivity index (χ3n) is 3.94. The zero-order valence-electron chi connectivity index (χ0n) is 14.4. The molecule has 5 nitrogen and oxygen atoms in total. The minimum Gasteiger partial charge on any atom is -0.366 e. The number of amides is 1. The van der Waals surface area contributed by atoms with Crippen LogP contribution in [-0.4, -0.2) is 29.0 Å². The van der Waals surface area contributed by atoms with Crippen LogP contribution < -0.4 is 10.6 Å². The van der Waals surface area contributed by atoms with Crippen LogP contribution in [0.5, 0.6) is 0 Å². The van der Waals surface area contributed by atoms with E-state index in [1.807, 2.05) is 31.2 Å². The topological polar surface area (TPSA) is 66.9 Å². The lowest BCUT2D eigenvalue weighted by Crippen LogP contribution is -2.25. The molecule has 0 fully saturated rings. The number of aromatic nitrogens is 2. The van der Waals surface area contributed by atoms with Crippen molar-refractivity contribution < 1.29 is 4.79 Å². The first-order valence-corrected chi connectivity index (χ1v) is 9.41. The first-order valence-electron chi connectivity index (χ1n) is 8.21. The lowest BCUT2D eigenvalue weighted by atomic mass is 10.1. The van der Waals surface area contributed by atoms with Crippen molar-refractivity contribution in [3.63, 3.8) is 0 Å². The molecule has 2 aromatic heterocycles. The zero-order chi connectivity index (χ0) is 18.5. The fourth-order valence-corrected chi connectivity index (χ4v) is 3.96. The summed E-state index contributed by atoms with van der Waals surface area (Å²) in [5.74, 6) is 0.629. The number of fused-ring (bicyclic) bond motifs is 1. The van der Waals surface area contributed by atoms with Gasteiger partial charge >= 0.3 is 0 Å². The molecule has 0 bridgehead atoms. The van der Waals surface area contributed by atoms with E-state index >= 15 is 0 Å². The van der Waals surface area contributed by atoms with Crippen LogP contribution in [0.2, 0.25) is 5.02 Å². The van der Waals surface area contributed by atoms with E-state index in [1.165, 1.54) is 17.7 Å². The van der Waals surface area contributed by atoms with Crippen molar-refractivity contribution >= 4 is 44.9 Å². The number of anilines is 1. The van der Waals surface area contributed by atoms with E-state index in [2.05, 4.69) is 27.2 Å². The molecule has 0 aliphatic heterocycles. The Kier molecular flexibility index (Phi) is 5.85. The molecule has 0 radical (unpaired) electrons. The second kappa shape index (κ2) is 8.29. The Bertz CT molecular complexity index is 954. The smallest absolute Gasteiger partial charge is 0.261 e. The van der Waals surface area contributed by atoms with Gasteiger partial charge in [0.25, 0.3) is 5.91 Å². The number of halogens is 1. The van der Waals surface area contributed by atoms with Gasteiger partial charge in [-0.05, 0) is 36.6 Å². The van der Waals surface area contributed by atoms with E-state index in [0.29, 0.717) is 23.0 Å². The van der Waals surface area contributed by atoms with Gasteiger partial charge in [-0.2, -0.15) is 0 Å². The molecule has 2 N–H and O–H groups in total. The van der Waals surface area contributed by atoms with Crippen LogP contribution in [0.15, 0.2) is 43.2 Å². The van der Waals surface area contributed by atoms with E-state index in [0.717, 1.165) is 33.6 Å². The van der Waals surface area contributed by atoms with Gasteiger partial charge in [0.1, 0.15) is 17.0 Å². The molecule has 3 aromatic rings. The minimum atomic E-state index is -0.0952. The van der Waals surface area contributed by atoms with E-state index in [1.54, 1.807) is 6.08 Å². The first-order chi connectivity index (χ1) is 12.6. The number of rotatable bonds is 7. The predicted octanol–water partition coefficient (Wildman–Crippen LogP) is 4.22. The van der Waals surface area contributed by atoms with Gasteiger partial charge in [0.05, 0.1) is 10.3 Å². The maximum atomic E-state index is 12.6. The molecule has 0 aliphatic carbocycles. The Morgan fingerprint density at radius 2 is 2.23 bits per heavy atom. The molecule has 2 heterocycles. The number of benzene rings is 1. The molecule has 0 saturated carbocycles. The van der Waals surface area contributed by atoms with Crippen molar-refractivity contribution in [3.05, 3.63) is 64.3 Å². The van der Waals surface area contributed by atoms with E-state index in [4.69, 9.17) is 11.6 Å². The monoisotopic (exact) mass is 386 g/mol. The molecule has 26 heavy (non-hydrogen) atoms. The van der Waals surface area contributed by atoms with Crippen LogP contribution in [0.25, 0.3) is 10.2 Å². The van der Waals surface area contributed by atoms with E-state index in [-0.39, 0.29) is 5.91 Å². The van der Waals surface area contributed by atoms with E-state index in [9.17, 15) is 4.79 Å². The number of nitrogens with zero attached hydrogens (tertiary/aromatic N) is 2. The Balaban J connectivity index is 1.74. The number of nitrogens with one attached hydrogen (secondary N) is 2. The first kappa shape index (κ1) is 18.4. The van der Waals surface area contributed by atoms with Crippen LogP contribution in [0, 0.1) is 6.92 Å². The average molecular weight is 387 g/mol. The van der Waals surface area contributed by atoms with Gasteiger partial charge in [-0.15, -0.1) is 17.9 Å². The normalized spacial score (nSPS) is 10.7. The summed E-state index contributed by atoms with van der Waals surface area (Å²) in [6.07, 6.45) is 3.99. The molecule has 134 valence electrons. The van der Waals surface area contributed by atoms with Crippen LogP contribution >= 0.6 is 22.9 Å². The summed E-state index contributed by atoms with van der Waals surface area (Å²) in [5, 5.41) is 7.76. The molecule has 7 heteroatoms. The number of hydrogen-bond donors (Lipinski definition) is 2. The van der Waals surface area contributed by atoms with Gasteiger partial charge in [0.2, 0.25) is 0 Å². The van der Waals surface area contributed by atoms with Crippen LogP contribution in [0.1, 0.15) is 20.8 Å². The number of carbonyl (C=O) groups is 1. The van der Waals surface area contributed by atoms with Crippen molar-refractivity contribution in [1.82, 2.24) is 15.3 Å². The summed E-state index contributed by atoms with van der Waals surface area (Å²) in [6.45, 7) is 6.77. The maximum Gasteiger partial charge on any atom is 0.261 e. The summed E-state index contributed by atoms with van der Waals surface area (Å²) in [6, 6.07) is 7.65. The molecule has 1 amide bonds. The Morgan fingerprint density at radius 1 is 1.38 bits per heavy atom. The summed E-state index contributed by atoms with van der Waals surface area (Å²) in [5.41, 5.74) is 1.98. The molecular formula is C19H19ClN4OS. The van der Waals surface area contributed by atoms with Gasteiger partial charge in [-0.3, -0.25) is 4.79 Å². The Hall–Kier alpha value is -2.44. The van der Waals surface area contributed by atoms with Crippen molar-refractivity contribution in [3.8, 4) is 0 Å². The average Bonchev–Trinajstić information content (AvgIpc) is 2.97. The van der Waals surface area contributed by atoms with Gasteiger partial charge in [0, 0.05) is 18.1 Å². The highest BCUT2D eigenvalue weighted by atomic mass is 35.5. The highest BCUT2D eigenvalue weighted by Gasteiger charge is 2.18. The molecule has 0 saturated heterocycles. The van der Waals surface area contributed by atoms with E-state index < -0.39 is 0 Å². The molecule has 1 aromatic carbocycles. The summed E-state index contributed by atoms with van der Waals surface area (Å²) < 4.78 is 0. The van der Waals surface area contributed by atoms with Crippen molar-refractivity contribution in [2.75, 3.05) is 18.4 Å². The number of hydrogen-bond acceptors (Lipinski definition) is 5. The predicted molar refractivity (Wildman–Crippen MR) is 108 cm³/mol. The highest BCUT2D eigenvalue weighted by Crippen LogP contribution is 2.33. The summed E-state index contributed by atoms with van der Waals surface area (Å²) >= 11 is 7.37. The zero-order valence-corrected chi connectivity index (χ0v) is 16.0. The van der Waals surface area contributed by atoms with Crippen molar-refractivity contribution in [2.24, 2.45) is 0 Å².